The Kier molecular flexibility index (Phi) is 5.05. The second-order valence-corrected chi connectivity index (χ2v) is 9.28. The van der Waals surface area contributed by atoms with E-state index in [-0.39, 0.29) is 47.1 Å². The Morgan fingerprint density at radius 3 is 2.00 bits per heavy atom. The van der Waals surface area contributed by atoms with Gasteiger partial charge < -0.3 is 0 Å². The fourth-order valence-electron chi connectivity index (χ4n) is 5.83. The zero-order chi connectivity index (χ0) is 20.8. The summed E-state index contributed by atoms with van der Waals surface area (Å²) in [5.74, 6) is 0.232. The van der Waals surface area contributed by atoms with Crippen LogP contribution in [0.4, 0.5) is 4.39 Å². The van der Waals surface area contributed by atoms with Crippen LogP contribution in [0.5, 0.6) is 0 Å². The van der Waals surface area contributed by atoms with Crippen molar-refractivity contribution in [2.24, 2.45) is 29.6 Å². The van der Waals surface area contributed by atoms with Crippen molar-refractivity contribution >= 4 is 17.6 Å². The summed E-state index contributed by atoms with van der Waals surface area (Å²) >= 11 is 0. The number of fused-ring (bicyclic) bond motifs is 1. The first kappa shape index (κ1) is 19.6. The molecule has 0 aromatic heterocycles. The topological polar surface area (TPSA) is 57.7 Å². The van der Waals surface area contributed by atoms with E-state index >= 15 is 0 Å². The average Bonchev–Trinajstić information content (AvgIpc) is 3.03. The molecule has 5 nitrogen and oxygen atoms in total. The number of benzene rings is 1. The number of hydrogen-bond acceptors (Lipinski definition) is 4. The summed E-state index contributed by atoms with van der Waals surface area (Å²) in [5.41, 5.74) is 0.526. The van der Waals surface area contributed by atoms with E-state index in [1.165, 1.54) is 24.3 Å². The lowest BCUT2D eigenvalue weighted by molar-refractivity contribution is -0.141. The van der Waals surface area contributed by atoms with Crippen molar-refractivity contribution in [2.75, 3.05) is 26.2 Å². The maximum Gasteiger partial charge on any atom is 0.233 e. The van der Waals surface area contributed by atoms with Gasteiger partial charge in [-0.25, -0.2) is 4.39 Å². The molecule has 2 heterocycles. The molecule has 0 N–H and O–H groups in total. The van der Waals surface area contributed by atoms with Crippen LogP contribution in [-0.2, 0) is 9.59 Å². The van der Waals surface area contributed by atoms with E-state index in [0.29, 0.717) is 24.6 Å². The second-order valence-electron chi connectivity index (χ2n) is 9.28. The van der Waals surface area contributed by atoms with Gasteiger partial charge in [-0.2, -0.15) is 0 Å². The number of allylic oxidation sites excluding steroid dienone is 2. The van der Waals surface area contributed by atoms with E-state index in [2.05, 4.69) is 17.1 Å². The summed E-state index contributed by atoms with van der Waals surface area (Å²) in [7, 11) is 0. The van der Waals surface area contributed by atoms with Gasteiger partial charge in [0.2, 0.25) is 11.8 Å². The molecule has 6 rings (SSSR count). The molecule has 2 bridgehead atoms. The number of piperidine rings is 1. The van der Waals surface area contributed by atoms with Crippen molar-refractivity contribution in [3.63, 3.8) is 0 Å². The molecule has 2 unspecified atom stereocenters. The highest BCUT2D eigenvalue weighted by Crippen LogP contribution is 2.49. The van der Waals surface area contributed by atoms with Gasteiger partial charge in [-0.05, 0) is 80.8 Å². The first-order valence-electron chi connectivity index (χ1n) is 11.1. The van der Waals surface area contributed by atoms with Crippen molar-refractivity contribution < 1.29 is 18.8 Å². The smallest absolute Gasteiger partial charge is 0.233 e. The summed E-state index contributed by atoms with van der Waals surface area (Å²) in [6.07, 6.45) is 8.09. The lowest BCUT2D eigenvalue weighted by Gasteiger charge is -2.38. The molecule has 1 saturated carbocycles. The van der Waals surface area contributed by atoms with Crippen molar-refractivity contribution in [1.29, 1.82) is 0 Å². The van der Waals surface area contributed by atoms with Gasteiger partial charge in [0.15, 0.2) is 5.78 Å². The van der Waals surface area contributed by atoms with Crippen molar-refractivity contribution in [3.05, 3.63) is 47.8 Å². The number of halogens is 1. The molecule has 2 aliphatic heterocycles. The van der Waals surface area contributed by atoms with E-state index in [4.69, 9.17) is 0 Å². The minimum absolute atomic E-state index is 0.00889. The Morgan fingerprint density at radius 2 is 1.47 bits per heavy atom. The number of carbonyl (C=O) groups excluding carboxylic acids is 3. The Bertz CT molecular complexity index is 856. The molecule has 2 saturated heterocycles. The summed E-state index contributed by atoms with van der Waals surface area (Å²) in [6.45, 7) is 2.38. The third kappa shape index (κ3) is 3.41. The Labute approximate surface area is 175 Å². The van der Waals surface area contributed by atoms with Crippen LogP contribution in [0.1, 0.15) is 36.0 Å². The van der Waals surface area contributed by atoms with E-state index < -0.39 is 0 Å². The number of likely N-dealkylation sites (tertiary alicyclic amines) is 2. The molecule has 0 spiro atoms. The number of amides is 2. The van der Waals surface area contributed by atoms with Crippen molar-refractivity contribution in [3.8, 4) is 0 Å². The molecule has 0 radical (unpaired) electrons. The highest BCUT2D eigenvalue weighted by Gasteiger charge is 2.56. The van der Waals surface area contributed by atoms with Gasteiger partial charge >= 0.3 is 0 Å². The molecular weight excluding hydrogens is 383 g/mol. The molecular formula is C24H27FN2O3. The number of carbonyl (C=O) groups is 3. The van der Waals surface area contributed by atoms with Crippen LogP contribution in [0.2, 0.25) is 0 Å². The summed E-state index contributed by atoms with van der Waals surface area (Å²) in [5, 5.41) is 0. The number of ketones is 1. The SMILES string of the molecule is O=C(CN1CCC(CN2C(=O)C3C(C2=O)[C@H]2C=C[C@@H]3CC2)CC1)c1ccc(F)cc1. The molecule has 1 aromatic rings. The predicted molar refractivity (Wildman–Crippen MR) is 109 cm³/mol. The fraction of sp³-hybridized carbons (Fsp3) is 0.542. The number of Topliss-reactive ketones (excluding diaryl/α,β-unsaturated/α-hetero) is 1. The highest BCUT2D eigenvalue weighted by molar-refractivity contribution is 6.06. The molecule has 158 valence electrons. The van der Waals surface area contributed by atoms with Crippen molar-refractivity contribution in [1.82, 2.24) is 9.80 Å². The normalized spacial score (nSPS) is 31.4. The average molecular weight is 410 g/mol. The van der Waals surface area contributed by atoms with Crippen LogP contribution in [-0.4, -0.2) is 53.6 Å². The number of imide groups is 1. The second kappa shape index (κ2) is 7.73. The molecule has 4 atom stereocenters. The third-order valence-corrected chi connectivity index (χ3v) is 7.53. The van der Waals surface area contributed by atoms with Crippen LogP contribution in [0.25, 0.3) is 0 Å². The number of nitrogens with zero attached hydrogens (tertiary/aromatic N) is 2. The van der Waals surface area contributed by atoms with Crippen LogP contribution in [0.15, 0.2) is 36.4 Å². The van der Waals surface area contributed by atoms with Gasteiger partial charge in [0.05, 0.1) is 18.4 Å². The minimum Gasteiger partial charge on any atom is -0.296 e. The monoisotopic (exact) mass is 410 g/mol. The van der Waals surface area contributed by atoms with Gasteiger partial charge in [-0.1, -0.05) is 12.2 Å². The lowest BCUT2D eigenvalue weighted by atomic mass is 9.63. The van der Waals surface area contributed by atoms with E-state index in [1.54, 1.807) is 4.90 Å². The zero-order valence-electron chi connectivity index (χ0n) is 17.0. The summed E-state index contributed by atoms with van der Waals surface area (Å²) < 4.78 is 13.0. The van der Waals surface area contributed by atoms with Gasteiger partial charge in [0.25, 0.3) is 0 Å². The minimum atomic E-state index is -0.345. The van der Waals surface area contributed by atoms with Gasteiger partial charge in [0, 0.05) is 12.1 Å². The first-order chi connectivity index (χ1) is 14.5. The molecule has 3 aliphatic carbocycles. The summed E-state index contributed by atoms with van der Waals surface area (Å²) in [4.78, 5) is 42.1. The maximum atomic E-state index is 13.0. The van der Waals surface area contributed by atoms with Crippen molar-refractivity contribution in [2.45, 2.75) is 25.7 Å². The first-order valence-corrected chi connectivity index (χ1v) is 11.1. The third-order valence-electron chi connectivity index (χ3n) is 7.53. The van der Waals surface area contributed by atoms with Crippen LogP contribution in [0, 0.1) is 35.4 Å². The van der Waals surface area contributed by atoms with E-state index in [0.717, 1.165) is 38.8 Å². The maximum absolute atomic E-state index is 13.0. The molecule has 6 heteroatoms. The molecule has 2 amide bonds. The Balaban J connectivity index is 1.15. The molecule has 30 heavy (non-hydrogen) atoms. The lowest BCUT2D eigenvalue weighted by Crippen LogP contribution is -2.42. The van der Waals surface area contributed by atoms with Crippen LogP contribution >= 0.6 is 0 Å². The molecule has 1 aromatic carbocycles. The van der Waals surface area contributed by atoms with Gasteiger partial charge in [-0.15, -0.1) is 0 Å². The van der Waals surface area contributed by atoms with E-state index in [9.17, 15) is 18.8 Å². The van der Waals surface area contributed by atoms with Crippen LogP contribution < -0.4 is 0 Å². The standard InChI is InChI=1S/C24H27FN2O3/c25-19-7-5-16(6-8-19)20(28)14-26-11-9-15(10-12-26)13-27-23(29)21-17-1-2-18(4-3-17)22(21)24(27)30/h1-2,5-8,15,17-18,21-22H,3-4,9-14H2/t17-,18+,21?,22?. The van der Waals surface area contributed by atoms with Crippen LogP contribution in [0.3, 0.4) is 0 Å². The highest BCUT2D eigenvalue weighted by atomic mass is 19.1. The van der Waals surface area contributed by atoms with Gasteiger partial charge in [0.1, 0.15) is 5.82 Å². The zero-order valence-corrected chi connectivity index (χ0v) is 17.0. The van der Waals surface area contributed by atoms with E-state index in [1.807, 2.05) is 0 Å². The fourth-order valence-corrected chi connectivity index (χ4v) is 5.83. The largest absolute Gasteiger partial charge is 0.296 e. The Morgan fingerprint density at radius 1 is 0.900 bits per heavy atom. The van der Waals surface area contributed by atoms with Gasteiger partial charge in [-0.3, -0.25) is 24.2 Å². The molecule has 3 fully saturated rings. The summed E-state index contributed by atoms with van der Waals surface area (Å²) in [6, 6.07) is 5.67. The Hall–Kier alpha value is -2.34. The quantitative estimate of drug-likeness (QED) is 0.426. The number of hydrogen-bond donors (Lipinski definition) is 0. The molecule has 5 aliphatic rings. The number of rotatable bonds is 5. The predicted octanol–water partition coefficient (Wildman–Crippen LogP) is 2.92.